The van der Waals surface area contributed by atoms with Gasteiger partial charge in [-0.25, -0.2) is 0 Å². The van der Waals surface area contributed by atoms with E-state index in [9.17, 15) is 0 Å². The lowest BCUT2D eigenvalue weighted by Crippen LogP contribution is -2.50. The molecule has 2 aromatic carbocycles. The number of hydrogen-bond acceptors (Lipinski definition) is 0. The quantitative estimate of drug-likeness (QED) is 0.663. The van der Waals surface area contributed by atoms with Gasteiger partial charge in [-0.2, -0.15) is 0 Å². The Labute approximate surface area is 176 Å². The molecule has 29 heavy (non-hydrogen) atoms. The molecular formula is C28H30Si. The first kappa shape index (κ1) is 19.7. The Morgan fingerprint density at radius 1 is 1.00 bits per heavy atom. The van der Waals surface area contributed by atoms with E-state index >= 15 is 0 Å². The van der Waals surface area contributed by atoms with Gasteiger partial charge in [0.15, 0.2) is 0 Å². The van der Waals surface area contributed by atoms with Gasteiger partial charge in [-0.15, -0.1) is 0 Å². The second-order valence-corrected chi connectivity index (χ2v) is 10.9. The van der Waals surface area contributed by atoms with E-state index in [1.807, 2.05) is 0 Å². The van der Waals surface area contributed by atoms with Crippen molar-refractivity contribution in [1.82, 2.24) is 0 Å². The Morgan fingerprint density at radius 3 is 2.38 bits per heavy atom. The molecule has 2 aliphatic rings. The van der Waals surface area contributed by atoms with Crippen LogP contribution in [0.2, 0.25) is 6.55 Å². The zero-order valence-corrected chi connectivity index (χ0v) is 19.5. The summed E-state index contributed by atoms with van der Waals surface area (Å²) in [4.78, 5) is 0. The summed E-state index contributed by atoms with van der Waals surface area (Å²) in [5.41, 5.74) is 10.8. The molecule has 0 amide bonds. The van der Waals surface area contributed by atoms with Crippen LogP contribution in [-0.2, 0) is 0 Å². The van der Waals surface area contributed by atoms with Gasteiger partial charge in [-0.3, -0.25) is 0 Å². The molecule has 1 heterocycles. The fourth-order valence-electron chi connectivity index (χ4n) is 5.34. The molecule has 0 spiro atoms. The SMILES string of the molecule is C=C1CC(/C=C\C)=C(C)C/1=c1\c(/C=C\C)c(C)c2c(c1=C)[SiH](C)c1ccccc1-2. The molecule has 4 rings (SSSR count). The second-order valence-electron chi connectivity index (χ2n) is 8.30. The highest BCUT2D eigenvalue weighted by Gasteiger charge is 2.31. The molecule has 2 aromatic rings. The molecule has 146 valence electrons. The Hall–Kier alpha value is -2.64. The van der Waals surface area contributed by atoms with Gasteiger partial charge in [0.2, 0.25) is 0 Å². The zero-order valence-electron chi connectivity index (χ0n) is 18.3. The largest absolute Gasteiger partial charge is 0.102 e. The zero-order chi connectivity index (χ0) is 20.9. The van der Waals surface area contributed by atoms with Crippen molar-refractivity contribution in [3.8, 4) is 11.1 Å². The molecule has 1 aliphatic heterocycles. The summed E-state index contributed by atoms with van der Waals surface area (Å²) in [5, 5.41) is 5.62. The number of rotatable bonds is 2. The Morgan fingerprint density at radius 2 is 1.69 bits per heavy atom. The highest BCUT2D eigenvalue weighted by Crippen LogP contribution is 2.36. The van der Waals surface area contributed by atoms with Crippen molar-refractivity contribution < 1.29 is 0 Å². The molecule has 0 aromatic heterocycles. The molecule has 0 bridgehead atoms. The third kappa shape index (κ3) is 2.79. The first-order valence-electron chi connectivity index (χ1n) is 10.5. The third-order valence-corrected chi connectivity index (χ3v) is 9.58. The van der Waals surface area contributed by atoms with E-state index in [4.69, 9.17) is 6.58 Å². The van der Waals surface area contributed by atoms with Crippen molar-refractivity contribution in [1.29, 1.82) is 0 Å². The summed E-state index contributed by atoms with van der Waals surface area (Å²) >= 11 is 0. The van der Waals surface area contributed by atoms with Crippen LogP contribution in [0.15, 0.2) is 65.8 Å². The summed E-state index contributed by atoms with van der Waals surface area (Å²) in [7, 11) is -1.25. The minimum Gasteiger partial charge on any atom is -0.0949 e. The number of allylic oxidation sites excluding steroid dienone is 6. The summed E-state index contributed by atoms with van der Waals surface area (Å²) in [5.74, 6) is 0. The first-order chi connectivity index (χ1) is 13.9. The van der Waals surface area contributed by atoms with Crippen LogP contribution in [0.3, 0.4) is 0 Å². The highest BCUT2D eigenvalue weighted by molar-refractivity contribution is 6.88. The molecule has 1 unspecified atom stereocenters. The fraction of sp³-hybridized carbons (Fsp3) is 0.214. The maximum atomic E-state index is 4.69. The highest BCUT2D eigenvalue weighted by atomic mass is 28.3. The Balaban J connectivity index is 2.22. The molecule has 0 saturated carbocycles. The molecule has 1 atom stereocenters. The van der Waals surface area contributed by atoms with Crippen molar-refractivity contribution in [2.45, 2.75) is 40.7 Å². The van der Waals surface area contributed by atoms with Crippen molar-refractivity contribution in [3.05, 3.63) is 87.4 Å². The van der Waals surface area contributed by atoms with E-state index in [1.165, 1.54) is 60.2 Å². The Bertz CT molecular complexity index is 1250. The van der Waals surface area contributed by atoms with Gasteiger partial charge >= 0.3 is 0 Å². The van der Waals surface area contributed by atoms with Crippen LogP contribution in [-0.4, -0.2) is 8.80 Å². The minimum atomic E-state index is -1.25. The lowest BCUT2D eigenvalue weighted by Gasteiger charge is -2.16. The standard InChI is InChI=1S/C28H30Si/c1-8-12-21-16-17(3)25(18(21)4)26-20(6)28-27(19(5)22(26)13-9-2)23-14-10-11-15-24(23)29(28)7/h8-15,29H,3,6,16H2,1-2,4-5,7H3/b12-8-,13-9-,26-25-. The smallest absolute Gasteiger partial charge is 0.0949 e. The van der Waals surface area contributed by atoms with Crippen molar-refractivity contribution in [2.24, 2.45) is 0 Å². The molecule has 0 N–H and O–H groups in total. The van der Waals surface area contributed by atoms with Crippen LogP contribution >= 0.6 is 0 Å². The summed E-state index contributed by atoms with van der Waals surface area (Å²) < 4.78 is 0. The van der Waals surface area contributed by atoms with Gasteiger partial charge in [0.05, 0.1) is 0 Å². The molecule has 0 fully saturated rings. The average molecular weight is 395 g/mol. The van der Waals surface area contributed by atoms with Gasteiger partial charge in [-0.1, -0.05) is 73.5 Å². The molecule has 0 saturated heterocycles. The van der Waals surface area contributed by atoms with Gasteiger partial charge in [0.1, 0.15) is 8.80 Å². The van der Waals surface area contributed by atoms with Gasteiger partial charge in [-0.05, 0) is 94.3 Å². The van der Waals surface area contributed by atoms with Gasteiger partial charge in [0, 0.05) is 0 Å². The monoisotopic (exact) mass is 394 g/mol. The van der Waals surface area contributed by atoms with E-state index < -0.39 is 8.80 Å². The third-order valence-electron chi connectivity index (χ3n) is 6.64. The molecule has 1 heteroatoms. The van der Waals surface area contributed by atoms with Crippen LogP contribution < -0.4 is 20.8 Å². The van der Waals surface area contributed by atoms with Crippen LogP contribution in [0.25, 0.3) is 29.4 Å². The molecule has 0 nitrogen and oxygen atoms in total. The van der Waals surface area contributed by atoms with Gasteiger partial charge in [0.25, 0.3) is 0 Å². The van der Waals surface area contributed by atoms with Crippen molar-refractivity contribution in [2.75, 3.05) is 0 Å². The number of fused-ring (bicyclic) bond motifs is 3. The summed E-state index contributed by atoms with van der Waals surface area (Å²) in [6.45, 7) is 20.4. The van der Waals surface area contributed by atoms with Crippen LogP contribution in [0.4, 0.5) is 0 Å². The van der Waals surface area contributed by atoms with E-state index in [-0.39, 0.29) is 0 Å². The van der Waals surface area contributed by atoms with E-state index in [1.54, 1.807) is 5.19 Å². The summed E-state index contributed by atoms with van der Waals surface area (Å²) in [6, 6.07) is 8.98. The lowest BCUT2D eigenvalue weighted by atomic mass is 9.90. The predicted molar refractivity (Wildman–Crippen MR) is 133 cm³/mol. The lowest BCUT2D eigenvalue weighted by molar-refractivity contribution is 1.27. The van der Waals surface area contributed by atoms with E-state index in [0.717, 1.165) is 6.42 Å². The van der Waals surface area contributed by atoms with Gasteiger partial charge < -0.3 is 0 Å². The van der Waals surface area contributed by atoms with Crippen molar-refractivity contribution in [3.63, 3.8) is 0 Å². The average Bonchev–Trinajstić information content (AvgIpc) is 3.15. The van der Waals surface area contributed by atoms with E-state index in [2.05, 4.69) is 89.4 Å². The van der Waals surface area contributed by atoms with Crippen LogP contribution in [0.1, 0.15) is 38.3 Å². The number of benzene rings is 2. The second kappa shape index (κ2) is 7.31. The molecule has 0 radical (unpaired) electrons. The van der Waals surface area contributed by atoms with E-state index in [0.29, 0.717) is 0 Å². The van der Waals surface area contributed by atoms with Crippen LogP contribution in [0, 0.1) is 6.92 Å². The maximum Gasteiger partial charge on any atom is 0.102 e. The Kier molecular flexibility index (Phi) is 4.96. The predicted octanol–water partition coefficient (Wildman–Crippen LogP) is 4.39. The van der Waals surface area contributed by atoms with Crippen molar-refractivity contribution >= 4 is 37.4 Å². The van der Waals surface area contributed by atoms with Crippen LogP contribution in [0.5, 0.6) is 0 Å². The normalized spacial score (nSPS) is 20.3. The minimum absolute atomic E-state index is 0.934. The molecule has 1 aliphatic carbocycles. The first-order valence-corrected chi connectivity index (χ1v) is 12.9. The summed E-state index contributed by atoms with van der Waals surface area (Å²) in [6.07, 6.45) is 9.73. The maximum absolute atomic E-state index is 4.69. The fourth-order valence-corrected chi connectivity index (χ4v) is 8.23. The topological polar surface area (TPSA) is 0 Å². The molecular weight excluding hydrogens is 364 g/mol. The number of hydrogen-bond donors (Lipinski definition) is 0.